The van der Waals surface area contributed by atoms with Gasteiger partial charge in [0.1, 0.15) is 17.0 Å². The monoisotopic (exact) mass is 502 g/mol. The number of hydrogen-bond acceptors (Lipinski definition) is 5. The number of piperidine rings is 1. The van der Waals surface area contributed by atoms with Gasteiger partial charge in [0, 0.05) is 63.3 Å². The molecule has 5 heterocycles. The molecule has 4 aromatic heterocycles. The normalized spacial score (nSPS) is 14.8. The molecule has 0 aliphatic carbocycles. The largest absolute Gasteiger partial charge is 0.455 e. The van der Waals surface area contributed by atoms with Crippen LogP contribution in [-0.4, -0.2) is 75.4 Å². The molecule has 0 radical (unpaired) electrons. The number of aromatic nitrogens is 3. The predicted molar refractivity (Wildman–Crippen MR) is 143 cm³/mol. The van der Waals surface area contributed by atoms with E-state index in [4.69, 9.17) is 4.74 Å². The van der Waals surface area contributed by atoms with E-state index in [-0.39, 0.29) is 17.9 Å². The van der Waals surface area contributed by atoms with E-state index in [0.717, 1.165) is 54.6 Å². The standard InChI is InChI=1S/C28H34N6O3/c1-6-32-12-8-20(9-13-32)31(5)28(36)23-17-34-26(19(23)3)24(7-11-30-34)37-22-10-14-33-21(16-22)15-18(2)25(33)27(35)29-4/h7,10-11,14-17,20H,6,8-9,12-13H2,1-5H3,(H,29,35). The van der Waals surface area contributed by atoms with Crippen LogP contribution in [0.2, 0.25) is 0 Å². The molecule has 1 saturated heterocycles. The highest BCUT2D eigenvalue weighted by Crippen LogP contribution is 2.32. The molecule has 1 fully saturated rings. The summed E-state index contributed by atoms with van der Waals surface area (Å²) < 4.78 is 9.87. The van der Waals surface area contributed by atoms with Gasteiger partial charge in [-0.15, -0.1) is 0 Å². The fourth-order valence-electron chi connectivity index (χ4n) is 5.39. The number of fused-ring (bicyclic) bond motifs is 2. The minimum absolute atomic E-state index is 0.00992. The van der Waals surface area contributed by atoms with Crippen LogP contribution in [0.1, 0.15) is 51.7 Å². The third kappa shape index (κ3) is 4.44. The quantitative estimate of drug-likeness (QED) is 0.432. The van der Waals surface area contributed by atoms with E-state index in [1.807, 2.05) is 60.7 Å². The number of carbonyl (C=O) groups excluding carboxylic acids is 2. The molecule has 1 aliphatic heterocycles. The Morgan fingerprint density at radius 1 is 1.19 bits per heavy atom. The lowest BCUT2D eigenvalue weighted by Gasteiger charge is -2.36. The van der Waals surface area contributed by atoms with Gasteiger partial charge in [0.25, 0.3) is 11.8 Å². The van der Waals surface area contributed by atoms with Crippen LogP contribution in [-0.2, 0) is 0 Å². The Hall–Kier alpha value is -3.85. The molecule has 0 spiro atoms. The van der Waals surface area contributed by atoms with E-state index < -0.39 is 0 Å². The zero-order chi connectivity index (χ0) is 26.3. The molecule has 2 amide bonds. The first-order chi connectivity index (χ1) is 17.8. The van der Waals surface area contributed by atoms with Crippen molar-refractivity contribution in [2.75, 3.05) is 33.7 Å². The van der Waals surface area contributed by atoms with Crippen LogP contribution in [0.25, 0.3) is 11.0 Å². The zero-order valence-corrected chi connectivity index (χ0v) is 22.1. The number of aryl methyl sites for hydroxylation is 2. The number of pyridine rings is 1. The van der Waals surface area contributed by atoms with Crippen LogP contribution in [0.4, 0.5) is 0 Å². The van der Waals surface area contributed by atoms with Gasteiger partial charge >= 0.3 is 0 Å². The van der Waals surface area contributed by atoms with E-state index in [2.05, 4.69) is 22.2 Å². The van der Waals surface area contributed by atoms with Gasteiger partial charge < -0.3 is 24.3 Å². The summed E-state index contributed by atoms with van der Waals surface area (Å²) in [6.45, 7) is 9.13. The van der Waals surface area contributed by atoms with Crippen LogP contribution in [0.5, 0.6) is 11.5 Å². The second kappa shape index (κ2) is 9.89. The van der Waals surface area contributed by atoms with Gasteiger partial charge in [-0.2, -0.15) is 5.10 Å². The summed E-state index contributed by atoms with van der Waals surface area (Å²) in [5, 5.41) is 7.14. The molecule has 4 aromatic rings. The van der Waals surface area contributed by atoms with Crippen molar-refractivity contribution in [2.45, 2.75) is 39.7 Å². The molecule has 0 bridgehead atoms. The number of carbonyl (C=O) groups is 2. The first-order valence-corrected chi connectivity index (χ1v) is 12.8. The summed E-state index contributed by atoms with van der Waals surface area (Å²) in [5.74, 6) is 1.12. The maximum atomic E-state index is 13.5. The second-order valence-electron chi connectivity index (χ2n) is 9.75. The number of rotatable bonds is 6. The van der Waals surface area contributed by atoms with Crippen molar-refractivity contribution in [1.82, 2.24) is 29.1 Å². The molecule has 9 nitrogen and oxygen atoms in total. The maximum Gasteiger partial charge on any atom is 0.268 e. The summed E-state index contributed by atoms with van der Waals surface area (Å²) in [6, 6.07) is 7.73. The summed E-state index contributed by atoms with van der Waals surface area (Å²) in [4.78, 5) is 30.1. The average Bonchev–Trinajstić information content (AvgIpc) is 3.43. The Bertz CT molecular complexity index is 1480. The van der Waals surface area contributed by atoms with Gasteiger partial charge in [-0.25, -0.2) is 4.52 Å². The highest BCUT2D eigenvalue weighted by Gasteiger charge is 2.28. The van der Waals surface area contributed by atoms with Crippen LogP contribution >= 0.6 is 0 Å². The molecular formula is C28H34N6O3. The van der Waals surface area contributed by atoms with E-state index >= 15 is 0 Å². The summed E-state index contributed by atoms with van der Waals surface area (Å²) in [6.07, 6.45) is 7.27. The zero-order valence-electron chi connectivity index (χ0n) is 22.1. The molecule has 9 heteroatoms. The summed E-state index contributed by atoms with van der Waals surface area (Å²) >= 11 is 0. The second-order valence-corrected chi connectivity index (χ2v) is 9.75. The molecule has 1 N–H and O–H groups in total. The number of nitrogens with one attached hydrogen (secondary N) is 1. The highest BCUT2D eigenvalue weighted by molar-refractivity contribution is 5.98. The van der Waals surface area contributed by atoms with Crippen LogP contribution < -0.4 is 10.1 Å². The van der Waals surface area contributed by atoms with Crippen molar-refractivity contribution < 1.29 is 14.3 Å². The fourth-order valence-corrected chi connectivity index (χ4v) is 5.39. The Kier molecular flexibility index (Phi) is 6.64. The van der Waals surface area contributed by atoms with Crippen molar-refractivity contribution in [1.29, 1.82) is 0 Å². The van der Waals surface area contributed by atoms with E-state index in [1.54, 1.807) is 24.0 Å². The van der Waals surface area contributed by atoms with Crippen LogP contribution in [0.3, 0.4) is 0 Å². The fraction of sp³-hybridized carbons (Fsp3) is 0.393. The average molecular weight is 503 g/mol. The molecule has 0 aromatic carbocycles. The van der Waals surface area contributed by atoms with Crippen molar-refractivity contribution in [3.63, 3.8) is 0 Å². The Balaban J connectivity index is 1.43. The number of nitrogens with zero attached hydrogens (tertiary/aromatic N) is 5. The first-order valence-electron chi connectivity index (χ1n) is 12.8. The summed E-state index contributed by atoms with van der Waals surface area (Å²) in [7, 11) is 3.53. The third-order valence-electron chi connectivity index (χ3n) is 7.60. The Morgan fingerprint density at radius 3 is 2.65 bits per heavy atom. The lowest BCUT2D eigenvalue weighted by Crippen LogP contribution is -2.45. The number of amides is 2. The first kappa shape index (κ1) is 24.8. The highest BCUT2D eigenvalue weighted by atomic mass is 16.5. The Labute approximate surface area is 216 Å². The predicted octanol–water partition coefficient (Wildman–Crippen LogP) is 3.91. The van der Waals surface area contributed by atoms with Crippen molar-refractivity contribution in [2.24, 2.45) is 0 Å². The number of likely N-dealkylation sites (tertiary alicyclic amines) is 1. The Morgan fingerprint density at radius 2 is 1.95 bits per heavy atom. The number of hydrogen-bond donors (Lipinski definition) is 1. The lowest BCUT2D eigenvalue weighted by atomic mass is 10.0. The lowest BCUT2D eigenvalue weighted by molar-refractivity contribution is 0.0646. The van der Waals surface area contributed by atoms with Crippen LogP contribution in [0, 0.1) is 13.8 Å². The molecule has 0 saturated carbocycles. The minimum Gasteiger partial charge on any atom is -0.455 e. The molecule has 37 heavy (non-hydrogen) atoms. The minimum atomic E-state index is -0.135. The van der Waals surface area contributed by atoms with E-state index in [9.17, 15) is 9.59 Å². The molecule has 194 valence electrons. The van der Waals surface area contributed by atoms with Crippen molar-refractivity contribution in [3.05, 3.63) is 65.2 Å². The van der Waals surface area contributed by atoms with Gasteiger partial charge in [-0.3, -0.25) is 9.59 Å². The van der Waals surface area contributed by atoms with Crippen molar-refractivity contribution >= 4 is 22.8 Å². The van der Waals surface area contributed by atoms with Crippen LogP contribution in [0.15, 0.2) is 42.9 Å². The van der Waals surface area contributed by atoms with Gasteiger partial charge in [-0.05, 0) is 56.5 Å². The maximum absolute atomic E-state index is 13.5. The molecular weight excluding hydrogens is 468 g/mol. The molecule has 5 rings (SSSR count). The van der Waals surface area contributed by atoms with Gasteiger partial charge in [0.2, 0.25) is 0 Å². The third-order valence-corrected chi connectivity index (χ3v) is 7.60. The van der Waals surface area contributed by atoms with Crippen molar-refractivity contribution in [3.8, 4) is 11.5 Å². The molecule has 1 aliphatic rings. The van der Waals surface area contributed by atoms with Gasteiger partial charge in [0.05, 0.1) is 11.8 Å². The molecule has 0 atom stereocenters. The number of ether oxygens (including phenoxy) is 1. The van der Waals surface area contributed by atoms with E-state index in [1.165, 1.54) is 0 Å². The summed E-state index contributed by atoms with van der Waals surface area (Å²) in [5.41, 5.74) is 4.59. The molecule has 0 unspecified atom stereocenters. The SMILES string of the molecule is CCN1CCC(N(C)C(=O)c2cn3nccc(Oc4ccn5c(C(=O)NC)c(C)cc5c4)c3c2C)CC1. The topological polar surface area (TPSA) is 83.6 Å². The van der Waals surface area contributed by atoms with Gasteiger partial charge in [-0.1, -0.05) is 6.92 Å². The van der Waals surface area contributed by atoms with Gasteiger partial charge in [0.15, 0.2) is 5.75 Å². The smallest absolute Gasteiger partial charge is 0.268 e. The van der Waals surface area contributed by atoms with E-state index in [0.29, 0.717) is 22.8 Å².